The molecule has 2 heterocycles. The van der Waals surface area contributed by atoms with Crippen LogP contribution in [0.25, 0.3) is 0 Å². The Hall–Kier alpha value is -2.58. The predicted molar refractivity (Wildman–Crippen MR) is 105 cm³/mol. The molecule has 136 valence electrons. The number of aromatic nitrogens is 1. The lowest BCUT2D eigenvalue weighted by Gasteiger charge is -2.12. The van der Waals surface area contributed by atoms with E-state index < -0.39 is 10.0 Å². The summed E-state index contributed by atoms with van der Waals surface area (Å²) in [5.41, 5.74) is 2.36. The molecule has 3 rings (SSSR count). The maximum Gasteiger partial charge on any atom is 0.271 e. The molecule has 26 heavy (non-hydrogen) atoms. The van der Waals surface area contributed by atoms with E-state index in [1.807, 2.05) is 25.1 Å². The van der Waals surface area contributed by atoms with Crippen molar-refractivity contribution in [2.75, 3.05) is 23.2 Å². The van der Waals surface area contributed by atoms with E-state index in [0.717, 1.165) is 11.3 Å². The third kappa shape index (κ3) is 4.96. The van der Waals surface area contributed by atoms with Crippen molar-refractivity contribution >= 4 is 32.7 Å². The van der Waals surface area contributed by atoms with Crippen molar-refractivity contribution in [1.82, 2.24) is 4.98 Å². The summed E-state index contributed by atoms with van der Waals surface area (Å²) in [5, 5.41) is 4.96. The molecular formula is C18H19N3O3S2. The molecule has 3 aromatic rings. The maximum atomic E-state index is 12.3. The molecule has 2 aromatic heterocycles. The normalized spacial score (nSPS) is 11.1. The summed E-state index contributed by atoms with van der Waals surface area (Å²) in [6.45, 7) is 2.96. The summed E-state index contributed by atoms with van der Waals surface area (Å²) < 4.78 is 33.3. The summed E-state index contributed by atoms with van der Waals surface area (Å²) in [6, 6.07) is 12.4. The molecule has 8 heteroatoms. The number of anilines is 2. The molecule has 0 saturated heterocycles. The lowest BCUT2D eigenvalue weighted by atomic mass is 10.2. The molecule has 0 radical (unpaired) electrons. The smallest absolute Gasteiger partial charge is 0.271 e. The number of hydrogen-bond acceptors (Lipinski definition) is 6. The van der Waals surface area contributed by atoms with Crippen LogP contribution in [0, 0.1) is 6.92 Å². The van der Waals surface area contributed by atoms with Crippen LogP contribution in [0.3, 0.4) is 0 Å². The second-order valence-corrected chi connectivity index (χ2v) is 8.44. The van der Waals surface area contributed by atoms with E-state index >= 15 is 0 Å². The zero-order valence-corrected chi connectivity index (χ0v) is 15.8. The monoisotopic (exact) mass is 389 g/mol. The Bertz CT molecular complexity index is 943. The Labute approximate surface area is 156 Å². The first-order chi connectivity index (χ1) is 12.5. The van der Waals surface area contributed by atoms with Gasteiger partial charge in [0.15, 0.2) is 0 Å². The lowest BCUT2D eigenvalue weighted by Crippen LogP contribution is -2.13. The first kappa shape index (κ1) is 18.2. The highest BCUT2D eigenvalue weighted by molar-refractivity contribution is 7.94. The van der Waals surface area contributed by atoms with E-state index in [1.165, 1.54) is 11.3 Å². The molecule has 6 nitrogen and oxygen atoms in total. The van der Waals surface area contributed by atoms with E-state index in [-0.39, 0.29) is 4.21 Å². The molecule has 0 amide bonds. The number of rotatable bonds is 8. The minimum atomic E-state index is -3.57. The molecule has 0 aliphatic heterocycles. The van der Waals surface area contributed by atoms with Gasteiger partial charge in [-0.25, -0.2) is 8.42 Å². The van der Waals surface area contributed by atoms with Crippen molar-refractivity contribution in [3.8, 4) is 5.75 Å². The summed E-state index contributed by atoms with van der Waals surface area (Å²) >= 11 is 1.18. The molecular weight excluding hydrogens is 370 g/mol. The Balaban J connectivity index is 1.60. The Morgan fingerprint density at radius 2 is 1.92 bits per heavy atom. The van der Waals surface area contributed by atoms with Gasteiger partial charge in [-0.2, -0.15) is 0 Å². The number of aryl methyl sites for hydroxylation is 1. The van der Waals surface area contributed by atoms with Crippen molar-refractivity contribution in [3.05, 3.63) is 65.8 Å². The fourth-order valence-electron chi connectivity index (χ4n) is 2.35. The van der Waals surface area contributed by atoms with Crippen LogP contribution in [-0.4, -0.2) is 26.6 Å². The topological polar surface area (TPSA) is 80.3 Å². The van der Waals surface area contributed by atoms with Gasteiger partial charge in [-0.1, -0.05) is 6.07 Å². The zero-order chi connectivity index (χ0) is 18.4. The quantitative estimate of drug-likeness (QED) is 0.574. The summed E-state index contributed by atoms with van der Waals surface area (Å²) in [5.74, 6) is 0.616. The first-order valence-electron chi connectivity index (χ1n) is 7.98. The predicted octanol–water partition coefficient (Wildman–Crippen LogP) is 3.74. The number of sulfonamides is 1. The van der Waals surface area contributed by atoms with Crippen LogP contribution in [0.4, 0.5) is 11.4 Å². The Morgan fingerprint density at radius 1 is 1.12 bits per heavy atom. The Morgan fingerprint density at radius 3 is 2.65 bits per heavy atom. The van der Waals surface area contributed by atoms with Gasteiger partial charge in [0.05, 0.1) is 5.69 Å². The van der Waals surface area contributed by atoms with E-state index in [2.05, 4.69) is 15.0 Å². The second kappa shape index (κ2) is 8.20. The molecule has 0 spiro atoms. The number of pyridine rings is 1. The average Bonchev–Trinajstić information content (AvgIpc) is 3.14. The molecule has 0 bridgehead atoms. The zero-order valence-electron chi connectivity index (χ0n) is 14.2. The van der Waals surface area contributed by atoms with Crippen molar-refractivity contribution in [2.45, 2.75) is 11.1 Å². The number of thiophene rings is 1. The number of ether oxygens (including phenoxy) is 1. The van der Waals surface area contributed by atoms with E-state index in [0.29, 0.717) is 24.6 Å². The van der Waals surface area contributed by atoms with Gasteiger partial charge in [0, 0.05) is 30.7 Å². The SMILES string of the molecule is Cc1cc(NS(=O)(=O)c2cccs2)cc(OCCNc2ccncc2)c1. The molecule has 0 unspecified atom stereocenters. The fraction of sp³-hybridized carbons (Fsp3) is 0.167. The van der Waals surface area contributed by atoms with Crippen molar-refractivity contribution in [1.29, 1.82) is 0 Å². The summed E-state index contributed by atoms with van der Waals surface area (Å²) in [4.78, 5) is 3.96. The number of nitrogens with zero attached hydrogens (tertiary/aromatic N) is 1. The van der Waals surface area contributed by atoms with Crippen molar-refractivity contribution < 1.29 is 13.2 Å². The minimum Gasteiger partial charge on any atom is -0.492 e. The standard InChI is InChI=1S/C18H19N3O3S2/c1-14-11-16(21-26(22,23)18-3-2-10-25-18)13-17(12-14)24-9-8-20-15-4-6-19-7-5-15/h2-7,10-13,21H,8-9H2,1H3,(H,19,20). The minimum absolute atomic E-state index is 0.281. The van der Waals surface area contributed by atoms with Crippen molar-refractivity contribution in [2.24, 2.45) is 0 Å². The van der Waals surface area contributed by atoms with Crippen LogP contribution in [0.15, 0.2) is 64.4 Å². The van der Waals surface area contributed by atoms with E-state index in [1.54, 1.807) is 42.0 Å². The van der Waals surface area contributed by atoms with Crippen LogP contribution in [-0.2, 0) is 10.0 Å². The molecule has 2 N–H and O–H groups in total. The van der Waals surface area contributed by atoms with Gasteiger partial charge in [0.2, 0.25) is 0 Å². The van der Waals surface area contributed by atoms with E-state index in [9.17, 15) is 8.42 Å². The lowest BCUT2D eigenvalue weighted by molar-refractivity contribution is 0.333. The molecule has 0 aliphatic rings. The summed E-state index contributed by atoms with van der Waals surface area (Å²) in [7, 11) is -3.57. The fourth-order valence-corrected chi connectivity index (χ4v) is 4.38. The van der Waals surface area contributed by atoms with Gasteiger partial charge in [0.1, 0.15) is 16.6 Å². The van der Waals surface area contributed by atoms with Gasteiger partial charge in [-0.3, -0.25) is 9.71 Å². The van der Waals surface area contributed by atoms with Crippen LogP contribution >= 0.6 is 11.3 Å². The average molecular weight is 390 g/mol. The maximum absolute atomic E-state index is 12.3. The number of nitrogens with one attached hydrogen (secondary N) is 2. The number of benzene rings is 1. The first-order valence-corrected chi connectivity index (χ1v) is 10.3. The molecule has 0 fully saturated rings. The highest BCUT2D eigenvalue weighted by Gasteiger charge is 2.15. The summed E-state index contributed by atoms with van der Waals surface area (Å²) in [6.07, 6.45) is 3.44. The molecule has 0 saturated carbocycles. The van der Waals surface area contributed by atoms with Crippen molar-refractivity contribution in [3.63, 3.8) is 0 Å². The van der Waals surface area contributed by atoms with Gasteiger partial charge in [-0.05, 0) is 48.2 Å². The third-order valence-corrected chi connectivity index (χ3v) is 6.22. The highest BCUT2D eigenvalue weighted by atomic mass is 32.2. The van der Waals surface area contributed by atoms with Crippen LogP contribution < -0.4 is 14.8 Å². The number of hydrogen-bond donors (Lipinski definition) is 2. The van der Waals surface area contributed by atoms with Gasteiger partial charge in [-0.15, -0.1) is 11.3 Å². The van der Waals surface area contributed by atoms with Gasteiger partial charge >= 0.3 is 0 Å². The molecule has 1 aromatic carbocycles. The van der Waals surface area contributed by atoms with Gasteiger partial charge in [0.25, 0.3) is 10.0 Å². The van der Waals surface area contributed by atoms with Crippen LogP contribution in [0.2, 0.25) is 0 Å². The third-order valence-electron chi connectivity index (χ3n) is 3.44. The highest BCUT2D eigenvalue weighted by Crippen LogP contribution is 2.25. The second-order valence-electron chi connectivity index (χ2n) is 5.58. The molecule has 0 atom stereocenters. The largest absolute Gasteiger partial charge is 0.492 e. The Kier molecular flexibility index (Phi) is 5.75. The van der Waals surface area contributed by atoms with E-state index in [4.69, 9.17) is 4.74 Å². The van der Waals surface area contributed by atoms with Crippen LogP contribution in [0.5, 0.6) is 5.75 Å². The van der Waals surface area contributed by atoms with Crippen LogP contribution in [0.1, 0.15) is 5.56 Å². The molecule has 0 aliphatic carbocycles. The van der Waals surface area contributed by atoms with Gasteiger partial charge < -0.3 is 10.1 Å².